The van der Waals surface area contributed by atoms with E-state index in [9.17, 15) is 0 Å². The lowest BCUT2D eigenvalue weighted by atomic mass is 10.3. The molecule has 116 valence electrons. The molecule has 0 spiro atoms. The van der Waals surface area contributed by atoms with Crippen molar-refractivity contribution in [1.82, 2.24) is 19.8 Å². The molecule has 0 aliphatic rings. The zero-order valence-corrected chi connectivity index (χ0v) is 12.9. The molecule has 4 aromatic rings. The zero-order valence-electron chi connectivity index (χ0n) is 12.9. The highest BCUT2D eigenvalue weighted by Crippen LogP contribution is 2.10. The first-order valence-corrected chi connectivity index (χ1v) is 7.67. The molecule has 0 atom stereocenters. The molecule has 0 fully saturated rings. The maximum atomic E-state index is 4.75. The van der Waals surface area contributed by atoms with Gasteiger partial charge in [0.2, 0.25) is 0 Å². The number of hydrogen-bond acceptors (Lipinski definition) is 3. The van der Waals surface area contributed by atoms with Crippen molar-refractivity contribution < 1.29 is 0 Å². The number of hydrogen-bond donors (Lipinski definition) is 0. The number of benzene rings is 3. The number of nitrogens with zero attached hydrogens (tertiary/aromatic N) is 5. The Labute approximate surface area is 139 Å². The van der Waals surface area contributed by atoms with Gasteiger partial charge in [0.05, 0.1) is 17.1 Å². The van der Waals surface area contributed by atoms with Gasteiger partial charge in [-0.25, -0.2) is 4.99 Å². The first-order chi connectivity index (χ1) is 11.9. The lowest BCUT2D eigenvalue weighted by Crippen LogP contribution is -2.24. The smallest absolute Gasteiger partial charge is 0.212 e. The number of aromatic nitrogens is 4. The normalized spacial score (nSPS) is 10.5. The molecule has 0 aliphatic carbocycles. The summed E-state index contributed by atoms with van der Waals surface area (Å²) in [5, 5.41) is 8.59. The second-order valence-electron chi connectivity index (χ2n) is 5.22. The van der Waals surface area contributed by atoms with Crippen molar-refractivity contribution in [2.24, 2.45) is 4.99 Å². The van der Waals surface area contributed by atoms with Gasteiger partial charge in [-0.3, -0.25) is 0 Å². The van der Waals surface area contributed by atoms with Crippen LogP contribution in [0.3, 0.4) is 0 Å². The average Bonchev–Trinajstić information content (AvgIpc) is 3.07. The number of tetrazole rings is 1. The second-order valence-corrected chi connectivity index (χ2v) is 5.22. The van der Waals surface area contributed by atoms with Crippen molar-refractivity contribution in [3.8, 4) is 11.4 Å². The van der Waals surface area contributed by atoms with E-state index in [1.165, 1.54) is 0 Å². The Morgan fingerprint density at radius 2 is 0.958 bits per heavy atom. The fourth-order valence-electron chi connectivity index (χ4n) is 2.44. The molecule has 5 heteroatoms. The lowest BCUT2D eigenvalue weighted by Gasteiger charge is -2.02. The van der Waals surface area contributed by atoms with Gasteiger partial charge >= 0.3 is 0 Å². The Balaban J connectivity index is 1.97. The lowest BCUT2D eigenvalue weighted by molar-refractivity contribution is 0.756. The standard InChI is InChI=1S/C19H15N5/c1-4-10-16(11-5-1)20-19-23(17-12-6-2-7-13-17)21-22-24(19)18-14-8-3-9-15-18/h1-15H. The van der Waals surface area contributed by atoms with Gasteiger partial charge in [0.1, 0.15) is 0 Å². The predicted molar refractivity (Wildman–Crippen MR) is 92.4 cm³/mol. The molecular weight excluding hydrogens is 298 g/mol. The molecule has 0 saturated carbocycles. The molecule has 0 radical (unpaired) electrons. The van der Waals surface area contributed by atoms with Crippen LogP contribution in [0.2, 0.25) is 0 Å². The van der Waals surface area contributed by atoms with Crippen LogP contribution >= 0.6 is 0 Å². The van der Waals surface area contributed by atoms with Crippen LogP contribution in [0.5, 0.6) is 0 Å². The summed E-state index contributed by atoms with van der Waals surface area (Å²) in [6.45, 7) is 0. The van der Waals surface area contributed by atoms with Crippen LogP contribution in [0.25, 0.3) is 11.4 Å². The van der Waals surface area contributed by atoms with Crippen LogP contribution in [0.4, 0.5) is 5.69 Å². The molecule has 0 bridgehead atoms. The Kier molecular flexibility index (Phi) is 3.73. The minimum Gasteiger partial charge on any atom is -0.212 e. The summed E-state index contributed by atoms with van der Waals surface area (Å²) < 4.78 is 3.47. The molecule has 1 aromatic heterocycles. The molecule has 24 heavy (non-hydrogen) atoms. The van der Waals surface area contributed by atoms with Gasteiger partial charge in [0, 0.05) is 0 Å². The van der Waals surface area contributed by atoms with E-state index >= 15 is 0 Å². The summed E-state index contributed by atoms with van der Waals surface area (Å²) in [6.07, 6.45) is 0. The van der Waals surface area contributed by atoms with E-state index in [2.05, 4.69) is 10.4 Å². The van der Waals surface area contributed by atoms with E-state index in [0.717, 1.165) is 17.1 Å². The number of para-hydroxylation sites is 3. The Morgan fingerprint density at radius 3 is 1.42 bits per heavy atom. The molecule has 0 N–H and O–H groups in total. The van der Waals surface area contributed by atoms with E-state index in [1.54, 1.807) is 9.36 Å². The largest absolute Gasteiger partial charge is 0.256 e. The van der Waals surface area contributed by atoms with Crippen molar-refractivity contribution in [3.63, 3.8) is 0 Å². The summed E-state index contributed by atoms with van der Waals surface area (Å²) >= 11 is 0. The molecule has 4 rings (SSSR count). The fraction of sp³-hybridized carbons (Fsp3) is 0. The maximum absolute atomic E-state index is 4.75. The highest BCUT2D eigenvalue weighted by molar-refractivity contribution is 5.37. The van der Waals surface area contributed by atoms with E-state index in [1.807, 2.05) is 91.0 Å². The van der Waals surface area contributed by atoms with Gasteiger partial charge in [0.15, 0.2) is 0 Å². The van der Waals surface area contributed by atoms with E-state index in [0.29, 0.717) is 5.62 Å². The average molecular weight is 313 g/mol. The van der Waals surface area contributed by atoms with Crippen molar-refractivity contribution in [2.75, 3.05) is 0 Å². The SMILES string of the molecule is c1ccc(N=c2n(-c3ccccc3)nnn2-c2ccccc2)cc1. The highest BCUT2D eigenvalue weighted by Gasteiger charge is 2.09. The van der Waals surface area contributed by atoms with Gasteiger partial charge < -0.3 is 0 Å². The monoisotopic (exact) mass is 313 g/mol. The Morgan fingerprint density at radius 1 is 0.542 bits per heavy atom. The van der Waals surface area contributed by atoms with Gasteiger partial charge in [-0.2, -0.15) is 9.36 Å². The summed E-state index contributed by atoms with van der Waals surface area (Å²) in [6, 6.07) is 29.5. The van der Waals surface area contributed by atoms with Crippen LogP contribution in [-0.2, 0) is 0 Å². The Hall–Kier alpha value is -3.47. The van der Waals surface area contributed by atoms with Crippen LogP contribution in [0.15, 0.2) is 96.0 Å². The maximum Gasteiger partial charge on any atom is 0.256 e. The van der Waals surface area contributed by atoms with Gasteiger partial charge in [-0.15, -0.1) is 0 Å². The molecule has 5 nitrogen and oxygen atoms in total. The Bertz CT molecular complexity index is 926. The number of rotatable bonds is 3. The van der Waals surface area contributed by atoms with Crippen molar-refractivity contribution in [1.29, 1.82) is 0 Å². The first-order valence-electron chi connectivity index (χ1n) is 7.67. The molecule has 1 heterocycles. The molecular formula is C19H15N5. The summed E-state index contributed by atoms with van der Waals surface area (Å²) in [4.78, 5) is 4.75. The quantitative estimate of drug-likeness (QED) is 0.583. The summed E-state index contributed by atoms with van der Waals surface area (Å²) in [5.74, 6) is 0. The fourth-order valence-corrected chi connectivity index (χ4v) is 2.44. The first kappa shape index (κ1) is 14.1. The molecule has 0 unspecified atom stereocenters. The third kappa shape index (κ3) is 2.75. The minimum atomic E-state index is 0.638. The molecule has 3 aromatic carbocycles. The molecule has 0 amide bonds. The van der Waals surface area contributed by atoms with Crippen LogP contribution in [-0.4, -0.2) is 19.8 Å². The molecule has 0 saturated heterocycles. The predicted octanol–water partition coefficient (Wildman–Crippen LogP) is 3.29. The van der Waals surface area contributed by atoms with Gasteiger partial charge in [-0.05, 0) is 46.8 Å². The topological polar surface area (TPSA) is 48.0 Å². The second kappa shape index (κ2) is 6.34. The minimum absolute atomic E-state index is 0.638. The highest BCUT2D eigenvalue weighted by atomic mass is 15.6. The van der Waals surface area contributed by atoms with Gasteiger partial charge in [-0.1, -0.05) is 54.6 Å². The summed E-state index contributed by atoms with van der Waals surface area (Å²) in [7, 11) is 0. The van der Waals surface area contributed by atoms with E-state index < -0.39 is 0 Å². The van der Waals surface area contributed by atoms with Crippen molar-refractivity contribution >= 4 is 5.69 Å². The van der Waals surface area contributed by atoms with Gasteiger partial charge in [0.25, 0.3) is 5.62 Å². The third-order valence-electron chi connectivity index (χ3n) is 3.58. The molecule has 0 aliphatic heterocycles. The zero-order chi connectivity index (χ0) is 16.2. The van der Waals surface area contributed by atoms with Crippen molar-refractivity contribution in [3.05, 3.63) is 96.6 Å². The van der Waals surface area contributed by atoms with Crippen LogP contribution in [0, 0.1) is 0 Å². The van der Waals surface area contributed by atoms with Crippen LogP contribution in [0.1, 0.15) is 0 Å². The summed E-state index contributed by atoms with van der Waals surface area (Å²) in [5.41, 5.74) is 3.31. The van der Waals surface area contributed by atoms with E-state index in [-0.39, 0.29) is 0 Å². The van der Waals surface area contributed by atoms with E-state index in [4.69, 9.17) is 4.99 Å². The third-order valence-corrected chi connectivity index (χ3v) is 3.58. The van der Waals surface area contributed by atoms with Crippen molar-refractivity contribution in [2.45, 2.75) is 0 Å². The van der Waals surface area contributed by atoms with Crippen LogP contribution < -0.4 is 5.62 Å².